The van der Waals surface area contributed by atoms with E-state index in [2.05, 4.69) is 10.3 Å². The van der Waals surface area contributed by atoms with E-state index in [9.17, 15) is 9.59 Å². The minimum atomic E-state index is -3.30. The summed E-state index contributed by atoms with van der Waals surface area (Å²) >= 11 is 0. The number of anilines is 1. The Morgan fingerprint density at radius 1 is 1.22 bits per heavy atom. The molecule has 0 bridgehead atoms. The summed E-state index contributed by atoms with van der Waals surface area (Å²) in [6.07, 6.45) is 1.47. The van der Waals surface area contributed by atoms with Crippen molar-refractivity contribution >= 4 is 17.5 Å². The van der Waals surface area contributed by atoms with Gasteiger partial charge in [-0.05, 0) is 13.0 Å². The van der Waals surface area contributed by atoms with E-state index < -0.39 is 23.1 Å². The Bertz CT molecular complexity index is 1110. The van der Waals surface area contributed by atoms with Crippen molar-refractivity contribution in [3.8, 4) is 0 Å². The number of fused-ring (bicyclic) bond motifs is 1. The van der Waals surface area contributed by atoms with Gasteiger partial charge >= 0.3 is 5.92 Å². The molecule has 1 aromatic heterocycles. The number of carbonyl (C=O) groups excluding carboxylic acids is 2. The molecule has 1 N–H and O–H groups in total. The molecule has 1 fully saturated rings. The van der Waals surface area contributed by atoms with E-state index in [1.807, 2.05) is 25.7 Å². The molecule has 36 heavy (non-hydrogen) atoms. The first-order valence-electron chi connectivity index (χ1n) is 11.8. The van der Waals surface area contributed by atoms with Gasteiger partial charge in [-0.1, -0.05) is 51.6 Å². The van der Waals surface area contributed by atoms with Gasteiger partial charge < -0.3 is 15.1 Å². The molecule has 9 heteroatoms. The maximum atomic E-state index is 15.3. The number of piperazine rings is 1. The Balaban J connectivity index is 0.00000361. The van der Waals surface area contributed by atoms with Gasteiger partial charge in [0.05, 0.1) is 12.2 Å². The van der Waals surface area contributed by atoms with Crippen LogP contribution in [-0.4, -0.2) is 79.0 Å². The van der Waals surface area contributed by atoms with Crippen molar-refractivity contribution in [3.63, 3.8) is 0 Å². The van der Waals surface area contributed by atoms with Crippen molar-refractivity contribution in [2.24, 2.45) is 0 Å². The maximum absolute atomic E-state index is 15.3. The second-order valence-electron chi connectivity index (χ2n) is 10.4. The van der Waals surface area contributed by atoms with Crippen LogP contribution in [0.25, 0.3) is 0 Å². The highest BCUT2D eigenvalue weighted by Crippen LogP contribution is 2.43. The predicted octanol–water partition coefficient (Wildman–Crippen LogP) is 3.23. The van der Waals surface area contributed by atoms with Crippen LogP contribution in [0.2, 0.25) is 0 Å². The summed E-state index contributed by atoms with van der Waals surface area (Å²) < 4.78 is 30.6. The number of hydrogen-bond acceptors (Lipinski definition) is 5. The van der Waals surface area contributed by atoms with E-state index in [0.29, 0.717) is 25.3 Å². The molecule has 0 spiro atoms. The second kappa shape index (κ2) is 10.2. The van der Waals surface area contributed by atoms with Gasteiger partial charge in [0.25, 0.3) is 0 Å². The molecule has 2 aliphatic rings. The SMILES string of the molecule is C.C[C@@H]1CN(CC(=O)N2CC(C)(C)c3cnc(C(F)(F)c4ccccc4)cc32)[C@@H](C(=O)N(C)C)CN1. The number of carbonyl (C=O) groups is 2. The topological polar surface area (TPSA) is 68.8 Å². The Hall–Kier alpha value is -2.91. The number of nitrogens with zero attached hydrogens (tertiary/aromatic N) is 4. The third-order valence-electron chi connectivity index (χ3n) is 6.89. The first-order chi connectivity index (χ1) is 16.4. The van der Waals surface area contributed by atoms with Gasteiger partial charge in [-0.3, -0.25) is 19.5 Å². The number of likely N-dealkylation sites (N-methyl/N-ethyl adjacent to an activating group) is 1. The van der Waals surface area contributed by atoms with Gasteiger partial charge in [-0.2, -0.15) is 8.78 Å². The molecule has 0 aliphatic carbocycles. The normalized spacial score (nSPS) is 21.5. The third kappa shape index (κ3) is 5.13. The maximum Gasteiger partial charge on any atom is 0.314 e. The molecule has 1 saturated heterocycles. The van der Waals surface area contributed by atoms with E-state index in [-0.39, 0.29) is 37.4 Å². The van der Waals surface area contributed by atoms with Crippen molar-refractivity contribution in [1.82, 2.24) is 20.1 Å². The number of aromatic nitrogens is 1. The summed E-state index contributed by atoms with van der Waals surface area (Å²) in [4.78, 5) is 35.4. The minimum absolute atomic E-state index is 0. The second-order valence-corrected chi connectivity index (χ2v) is 10.4. The van der Waals surface area contributed by atoms with Crippen molar-refractivity contribution in [1.29, 1.82) is 0 Å². The molecule has 2 aliphatic heterocycles. The zero-order chi connectivity index (χ0) is 25.5. The quantitative estimate of drug-likeness (QED) is 0.682. The summed E-state index contributed by atoms with van der Waals surface area (Å²) in [5.74, 6) is -3.59. The molecule has 4 rings (SSSR count). The van der Waals surface area contributed by atoms with Crippen LogP contribution in [-0.2, 0) is 20.9 Å². The molecule has 0 radical (unpaired) electrons. The summed E-state index contributed by atoms with van der Waals surface area (Å²) in [6, 6.07) is 8.56. The van der Waals surface area contributed by atoms with Crippen LogP contribution in [0.1, 0.15) is 45.0 Å². The molecule has 196 valence electrons. The van der Waals surface area contributed by atoms with Gasteiger partial charge in [0.2, 0.25) is 11.8 Å². The number of hydrogen-bond donors (Lipinski definition) is 1. The number of nitrogens with one attached hydrogen (secondary N) is 1. The van der Waals surface area contributed by atoms with Gasteiger partial charge in [0.15, 0.2) is 0 Å². The highest BCUT2D eigenvalue weighted by Gasteiger charge is 2.43. The van der Waals surface area contributed by atoms with Crippen LogP contribution in [0, 0.1) is 0 Å². The lowest BCUT2D eigenvalue weighted by Crippen LogP contribution is -2.62. The first kappa shape index (κ1) is 27.7. The smallest absolute Gasteiger partial charge is 0.314 e. The number of benzene rings is 1. The molecule has 1 aromatic carbocycles. The molecule has 2 aromatic rings. The van der Waals surface area contributed by atoms with Crippen LogP contribution in [0.5, 0.6) is 0 Å². The Labute approximate surface area is 212 Å². The predicted molar refractivity (Wildman–Crippen MR) is 137 cm³/mol. The lowest BCUT2D eigenvalue weighted by atomic mass is 9.88. The van der Waals surface area contributed by atoms with Gasteiger partial charge in [0, 0.05) is 62.5 Å². The minimum Gasteiger partial charge on any atom is -0.347 e. The van der Waals surface area contributed by atoms with Crippen LogP contribution < -0.4 is 10.2 Å². The van der Waals surface area contributed by atoms with E-state index in [0.717, 1.165) is 5.56 Å². The van der Waals surface area contributed by atoms with Crippen molar-refractivity contribution in [2.75, 3.05) is 45.2 Å². The Morgan fingerprint density at radius 2 is 1.89 bits per heavy atom. The average Bonchev–Trinajstić information content (AvgIpc) is 3.09. The van der Waals surface area contributed by atoms with Crippen molar-refractivity contribution in [3.05, 3.63) is 59.4 Å². The lowest BCUT2D eigenvalue weighted by Gasteiger charge is -2.39. The summed E-state index contributed by atoms with van der Waals surface area (Å²) in [5, 5.41) is 3.30. The van der Waals surface area contributed by atoms with Crippen molar-refractivity contribution < 1.29 is 18.4 Å². The number of pyridine rings is 1. The molecular formula is C27H37F2N5O2. The molecule has 0 unspecified atom stereocenters. The fourth-order valence-electron chi connectivity index (χ4n) is 4.91. The zero-order valence-corrected chi connectivity index (χ0v) is 20.9. The molecule has 3 heterocycles. The molecule has 7 nitrogen and oxygen atoms in total. The lowest BCUT2D eigenvalue weighted by molar-refractivity contribution is -0.136. The van der Waals surface area contributed by atoms with Crippen LogP contribution in [0.3, 0.4) is 0 Å². The number of halogens is 2. The highest BCUT2D eigenvalue weighted by atomic mass is 19.3. The average molecular weight is 502 g/mol. The summed E-state index contributed by atoms with van der Waals surface area (Å²) in [7, 11) is 3.39. The summed E-state index contributed by atoms with van der Waals surface area (Å²) in [5.41, 5.74) is 0.234. The molecule has 2 atom stereocenters. The number of alkyl halides is 2. The van der Waals surface area contributed by atoms with E-state index in [1.165, 1.54) is 29.3 Å². The highest BCUT2D eigenvalue weighted by molar-refractivity contribution is 5.98. The third-order valence-corrected chi connectivity index (χ3v) is 6.89. The standard InChI is InChI=1S/C26H33F2N5O2.CH4/c1-17-14-32(21(13-29-17)24(35)31(4)5)15-23(34)33-16-25(2,3)19-12-30-22(11-20(19)33)26(27,28)18-9-7-6-8-10-18;/h6-12,17,21,29H,13-16H2,1-5H3;1H4/t17-,21-;/m1./s1. The van der Waals surface area contributed by atoms with Crippen LogP contribution in [0.4, 0.5) is 14.5 Å². The Kier molecular flexibility index (Phi) is 7.86. The summed E-state index contributed by atoms with van der Waals surface area (Å²) in [6.45, 7) is 7.32. The molecular weight excluding hydrogens is 464 g/mol. The van der Waals surface area contributed by atoms with Gasteiger partial charge in [0.1, 0.15) is 11.7 Å². The van der Waals surface area contributed by atoms with E-state index >= 15 is 8.78 Å². The number of amides is 2. The number of rotatable bonds is 5. The molecule has 2 amide bonds. The fraction of sp³-hybridized carbons (Fsp3) is 0.519. The van der Waals surface area contributed by atoms with Crippen LogP contribution >= 0.6 is 0 Å². The largest absolute Gasteiger partial charge is 0.347 e. The Morgan fingerprint density at radius 3 is 2.53 bits per heavy atom. The van der Waals surface area contributed by atoms with E-state index in [1.54, 1.807) is 37.2 Å². The monoisotopic (exact) mass is 501 g/mol. The molecule has 0 saturated carbocycles. The van der Waals surface area contributed by atoms with Crippen LogP contribution in [0.15, 0.2) is 42.6 Å². The van der Waals surface area contributed by atoms with Gasteiger partial charge in [-0.25, -0.2) is 0 Å². The first-order valence-corrected chi connectivity index (χ1v) is 11.8. The zero-order valence-electron chi connectivity index (χ0n) is 20.9. The fourth-order valence-corrected chi connectivity index (χ4v) is 4.91. The van der Waals surface area contributed by atoms with Crippen molar-refractivity contribution in [2.45, 2.75) is 51.6 Å². The van der Waals surface area contributed by atoms with E-state index in [4.69, 9.17) is 0 Å². The van der Waals surface area contributed by atoms with Gasteiger partial charge in [-0.15, -0.1) is 0 Å².